The molecule has 0 saturated carbocycles. The molecule has 19 heavy (non-hydrogen) atoms. The third-order valence-corrected chi connectivity index (χ3v) is 5.48. The molecule has 1 saturated heterocycles. The molecule has 2 unspecified atom stereocenters. The quantitative estimate of drug-likeness (QED) is 0.819. The normalized spacial score (nSPS) is 32.5. The highest BCUT2D eigenvalue weighted by atomic mass is 32.1. The second-order valence-electron chi connectivity index (χ2n) is 5.86. The average Bonchev–Trinajstić information content (AvgIpc) is 3.06. The third-order valence-electron chi connectivity index (χ3n) is 4.78. The van der Waals surface area contributed by atoms with Gasteiger partial charge in [0.1, 0.15) is 0 Å². The summed E-state index contributed by atoms with van der Waals surface area (Å²) in [5.41, 5.74) is 4.40. The fraction of sp³-hybridized carbons (Fsp3) is 0.375. The summed E-state index contributed by atoms with van der Waals surface area (Å²) in [4.78, 5) is 0. The van der Waals surface area contributed by atoms with Gasteiger partial charge >= 0.3 is 0 Å². The van der Waals surface area contributed by atoms with Gasteiger partial charge in [-0.2, -0.15) is 11.3 Å². The molecule has 0 radical (unpaired) electrons. The summed E-state index contributed by atoms with van der Waals surface area (Å²) in [6, 6.07) is 11.9. The van der Waals surface area contributed by atoms with Crippen molar-refractivity contribution in [2.75, 3.05) is 11.9 Å². The number of benzene rings is 1. The minimum absolute atomic E-state index is 0.259. The zero-order valence-electron chi connectivity index (χ0n) is 11.0. The Morgan fingerprint density at radius 3 is 2.95 bits per heavy atom. The molecule has 0 aliphatic carbocycles. The lowest BCUT2D eigenvalue weighted by atomic mass is 9.69. The number of fused-ring (bicyclic) bond motifs is 3. The second kappa shape index (κ2) is 4.09. The van der Waals surface area contributed by atoms with Gasteiger partial charge in [-0.15, -0.1) is 0 Å². The number of anilines is 1. The molecule has 3 heteroatoms. The van der Waals surface area contributed by atoms with Crippen LogP contribution in [-0.2, 0) is 0 Å². The number of hydrogen-bond acceptors (Lipinski definition) is 3. The highest BCUT2D eigenvalue weighted by Crippen LogP contribution is 2.55. The van der Waals surface area contributed by atoms with Gasteiger partial charge in [0.25, 0.3) is 0 Å². The summed E-state index contributed by atoms with van der Waals surface area (Å²) in [5.74, 6) is 0. The summed E-state index contributed by atoms with van der Waals surface area (Å²) in [6.07, 6.45) is 1.22. The van der Waals surface area contributed by atoms with Gasteiger partial charge in [-0.05, 0) is 47.0 Å². The molecule has 0 amide bonds. The van der Waals surface area contributed by atoms with Gasteiger partial charge in [0.15, 0.2) is 0 Å². The first-order valence-corrected chi connectivity index (χ1v) is 7.84. The summed E-state index contributed by atoms with van der Waals surface area (Å²) in [5, 5.41) is 12.0. The topological polar surface area (TPSA) is 24.1 Å². The van der Waals surface area contributed by atoms with Crippen LogP contribution in [-0.4, -0.2) is 6.54 Å². The molecule has 2 aromatic rings. The monoisotopic (exact) mass is 270 g/mol. The summed E-state index contributed by atoms with van der Waals surface area (Å²) >= 11 is 1.79. The van der Waals surface area contributed by atoms with Crippen molar-refractivity contribution in [2.24, 2.45) is 5.41 Å². The number of hydrogen-bond donors (Lipinski definition) is 2. The van der Waals surface area contributed by atoms with E-state index in [1.165, 1.54) is 23.2 Å². The Balaban J connectivity index is 1.87. The van der Waals surface area contributed by atoms with Crippen molar-refractivity contribution in [3.05, 3.63) is 52.2 Å². The SMILES string of the molecule is CC12CCN[C@H]1c1ccccc1NC2c1ccsc1. The van der Waals surface area contributed by atoms with Crippen LogP contribution in [0.5, 0.6) is 0 Å². The van der Waals surface area contributed by atoms with E-state index in [1.54, 1.807) is 11.3 Å². The minimum atomic E-state index is 0.259. The van der Waals surface area contributed by atoms with Crippen LogP contribution in [0.3, 0.4) is 0 Å². The van der Waals surface area contributed by atoms with Crippen LogP contribution in [0.1, 0.15) is 36.6 Å². The summed E-state index contributed by atoms with van der Waals surface area (Å²) < 4.78 is 0. The van der Waals surface area contributed by atoms with Crippen molar-refractivity contribution in [3.63, 3.8) is 0 Å². The summed E-state index contributed by atoms with van der Waals surface area (Å²) in [6.45, 7) is 3.53. The molecule has 2 aliphatic rings. The number of thiophene rings is 1. The van der Waals surface area contributed by atoms with Crippen molar-refractivity contribution in [1.82, 2.24) is 5.32 Å². The van der Waals surface area contributed by atoms with Crippen molar-refractivity contribution >= 4 is 17.0 Å². The average molecular weight is 270 g/mol. The van der Waals surface area contributed by atoms with E-state index in [4.69, 9.17) is 0 Å². The van der Waals surface area contributed by atoms with Crippen molar-refractivity contribution < 1.29 is 0 Å². The summed E-state index contributed by atoms with van der Waals surface area (Å²) in [7, 11) is 0. The fourth-order valence-corrected chi connectivity index (χ4v) is 4.43. The molecular formula is C16H18N2S. The van der Waals surface area contributed by atoms with Crippen molar-refractivity contribution in [2.45, 2.75) is 25.4 Å². The largest absolute Gasteiger partial charge is 0.377 e. The second-order valence-corrected chi connectivity index (χ2v) is 6.64. The number of nitrogens with one attached hydrogen (secondary N) is 2. The standard InChI is InChI=1S/C16H18N2S/c1-16-7-8-17-15(16)12-4-2-3-5-13(12)18-14(16)11-6-9-19-10-11/h2-6,9-10,14-15,17-18H,7-8H2,1H3/t14?,15-,16?/m0/s1. The van der Waals surface area contributed by atoms with E-state index in [9.17, 15) is 0 Å². The van der Waals surface area contributed by atoms with Crippen molar-refractivity contribution in [1.29, 1.82) is 0 Å². The van der Waals surface area contributed by atoms with E-state index >= 15 is 0 Å². The fourth-order valence-electron chi connectivity index (χ4n) is 3.74. The van der Waals surface area contributed by atoms with Crippen LogP contribution in [0, 0.1) is 5.41 Å². The Labute approximate surface area is 117 Å². The Kier molecular flexibility index (Phi) is 2.47. The first-order valence-electron chi connectivity index (χ1n) is 6.90. The lowest BCUT2D eigenvalue weighted by Gasteiger charge is -2.45. The predicted octanol–water partition coefficient (Wildman–Crippen LogP) is 3.96. The van der Waals surface area contributed by atoms with Gasteiger partial charge in [-0.25, -0.2) is 0 Å². The van der Waals surface area contributed by atoms with Gasteiger partial charge < -0.3 is 10.6 Å². The molecule has 3 heterocycles. The van der Waals surface area contributed by atoms with Crippen molar-refractivity contribution in [3.8, 4) is 0 Å². The first-order chi connectivity index (χ1) is 9.29. The van der Waals surface area contributed by atoms with Crippen LogP contribution in [0.25, 0.3) is 0 Å². The maximum absolute atomic E-state index is 3.78. The Bertz CT molecular complexity index is 593. The highest BCUT2D eigenvalue weighted by Gasteiger charge is 2.49. The van der Waals surface area contributed by atoms with E-state index in [-0.39, 0.29) is 5.41 Å². The number of rotatable bonds is 1. The molecule has 2 nitrogen and oxygen atoms in total. The Hall–Kier alpha value is -1.32. The van der Waals surface area contributed by atoms with E-state index in [1.807, 2.05) is 0 Å². The molecule has 2 aliphatic heterocycles. The molecular weight excluding hydrogens is 252 g/mol. The van der Waals surface area contributed by atoms with E-state index in [0.29, 0.717) is 12.1 Å². The number of para-hydroxylation sites is 1. The smallest absolute Gasteiger partial charge is 0.0594 e. The lowest BCUT2D eigenvalue weighted by molar-refractivity contribution is 0.227. The third kappa shape index (κ3) is 1.58. The Morgan fingerprint density at radius 1 is 1.21 bits per heavy atom. The van der Waals surface area contributed by atoms with Crippen LogP contribution >= 0.6 is 11.3 Å². The molecule has 98 valence electrons. The van der Waals surface area contributed by atoms with E-state index < -0.39 is 0 Å². The maximum atomic E-state index is 3.78. The molecule has 1 aromatic heterocycles. The molecule has 3 atom stereocenters. The molecule has 1 fully saturated rings. The van der Waals surface area contributed by atoms with Gasteiger partial charge in [0.2, 0.25) is 0 Å². The zero-order valence-corrected chi connectivity index (χ0v) is 11.8. The molecule has 0 bridgehead atoms. The van der Waals surface area contributed by atoms with Crippen LogP contribution in [0.4, 0.5) is 5.69 Å². The molecule has 2 N–H and O–H groups in total. The van der Waals surface area contributed by atoms with Gasteiger partial charge in [-0.3, -0.25) is 0 Å². The predicted molar refractivity (Wildman–Crippen MR) is 80.6 cm³/mol. The van der Waals surface area contributed by atoms with Gasteiger partial charge in [0, 0.05) is 17.1 Å². The highest BCUT2D eigenvalue weighted by molar-refractivity contribution is 7.08. The van der Waals surface area contributed by atoms with Crippen LogP contribution in [0.15, 0.2) is 41.1 Å². The Morgan fingerprint density at radius 2 is 2.11 bits per heavy atom. The maximum Gasteiger partial charge on any atom is 0.0594 e. The lowest BCUT2D eigenvalue weighted by Crippen LogP contribution is -2.40. The molecule has 0 spiro atoms. The van der Waals surface area contributed by atoms with Crippen LogP contribution < -0.4 is 10.6 Å². The van der Waals surface area contributed by atoms with Crippen LogP contribution in [0.2, 0.25) is 0 Å². The molecule has 4 rings (SSSR count). The molecule has 1 aromatic carbocycles. The van der Waals surface area contributed by atoms with E-state index in [0.717, 1.165) is 6.54 Å². The van der Waals surface area contributed by atoms with Gasteiger partial charge in [0.05, 0.1) is 6.04 Å². The minimum Gasteiger partial charge on any atom is -0.377 e. The first kappa shape index (κ1) is 11.5. The van der Waals surface area contributed by atoms with E-state index in [2.05, 4.69) is 58.6 Å². The van der Waals surface area contributed by atoms with Gasteiger partial charge in [-0.1, -0.05) is 25.1 Å². The zero-order chi connectivity index (χ0) is 12.9.